The zero-order valence-corrected chi connectivity index (χ0v) is 17.2. The van der Waals surface area contributed by atoms with E-state index in [0.717, 1.165) is 18.5 Å². The second-order valence-electron chi connectivity index (χ2n) is 7.54. The summed E-state index contributed by atoms with van der Waals surface area (Å²) < 4.78 is 1.78. The fourth-order valence-electron chi connectivity index (χ4n) is 4.02. The van der Waals surface area contributed by atoms with Crippen molar-refractivity contribution in [1.29, 1.82) is 0 Å². The zero-order valence-electron chi connectivity index (χ0n) is 16.4. The molecule has 3 aromatic rings. The summed E-state index contributed by atoms with van der Waals surface area (Å²) >= 11 is 5.98. The zero-order chi connectivity index (χ0) is 20.4. The Morgan fingerprint density at radius 3 is 2.76 bits per heavy atom. The van der Waals surface area contributed by atoms with Gasteiger partial charge in [-0.2, -0.15) is 0 Å². The Labute approximate surface area is 175 Å². The van der Waals surface area contributed by atoms with Crippen molar-refractivity contribution in [1.82, 2.24) is 19.6 Å². The maximum atomic E-state index is 12.6. The van der Waals surface area contributed by atoms with Crippen molar-refractivity contribution >= 4 is 23.2 Å². The van der Waals surface area contributed by atoms with Gasteiger partial charge in [0, 0.05) is 29.4 Å². The summed E-state index contributed by atoms with van der Waals surface area (Å²) in [7, 11) is 2.14. The van der Waals surface area contributed by atoms with Crippen LogP contribution in [0, 0.1) is 0 Å². The highest BCUT2D eigenvalue weighted by Gasteiger charge is 2.20. The summed E-state index contributed by atoms with van der Waals surface area (Å²) in [4.78, 5) is 19.6. The van der Waals surface area contributed by atoms with Crippen LogP contribution in [0.5, 0.6) is 0 Å². The van der Waals surface area contributed by atoms with Crippen LogP contribution < -0.4 is 5.32 Å². The summed E-state index contributed by atoms with van der Waals surface area (Å²) in [5.74, 6) is -0.113. The molecule has 2 aromatic heterocycles. The first kappa shape index (κ1) is 19.9. The van der Waals surface area contributed by atoms with Crippen LogP contribution in [0.1, 0.15) is 35.3 Å². The summed E-state index contributed by atoms with van der Waals surface area (Å²) in [5, 5.41) is 13.6. The first-order chi connectivity index (χ1) is 14.1. The van der Waals surface area contributed by atoms with Crippen LogP contribution in [0.15, 0.2) is 42.6 Å². The summed E-state index contributed by atoms with van der Waals surface area (Å²) in [6.07, 6.45) is 5.12. The number of aliphatic hydroxyl groups is 1. The Balaban J connectivity index is 1.53. The molecular formula is C22H25ClN4O2. The molecule has 6 nitrogen and oxygen atoms in total. The van der Waals surface area contributed by atoms with Crippen LogP contribution in [0.4, 0.5) is 0 Å². The maximum Gasteiger partial charge on any atom is 0.252 e. The predicted molar refractivity (Wildman–Crippen MR) is 114 cm³/mol. The van der Waals surface area contributed by atoms with Gasteiger partial charge in [-0.15, -0.1) is 0 Å². The van der Waals surface area contributed by atoms with E-state index >= 15 is 0 Å². The largest absolute Gasteiger partial charge is 0.390 e. The molecule has 4 rings (SSSR count). The molecule has 0 radical (unpaired) electrons. The summed E-state index contributed by atoms with van der Waals surface area (Å²) in [6, 6.07) is 11.5. The number of fused-ring (bicyclic) bond motifs is 1. The summed E-state index contributed by atoms with van der Waals surface area (Å²) in [6.45, 7) is 1.60. The average molecular weight is 413 g/mol. The lowest BCUT2D eigenvalue weighted by molar-refractivity contribution is 0.0950. The molecule has 152 valence electrons. The minimum atomic E-state index is -0.182. The van der Waals surface area contributed by atoms with Crippen LogP contribution in [0.3, 0.4) is 0 Å². The fourth-order valence-corrected chi connectivity index (χ4v) is 4.14. The molecule has 2 N–H and O–H groups in total. The number of halogens is 1. The number of imidazole rings is 1. The van der Waals surface area contributed by atoms with Gasteiger partial charge >= 0.3 is 0 Å². The molecule has 0 saturated carbocycles. The number of hydrogen-bond donors (Lipinski definition) is 2. The first-order valence-corrected chi connectivity index (χ1v) is 10.3. The second-order valence-corrected chi connectivity index (χ2v) is 7.98. The molecule has 29 heavy (non-hydrogen) atoms. The SMILES string of the molecule is CN1CCCC1CCNC(=O)c1ccc2nc(-c3ccc(Cl)cc3)c(CO)n2c1. The third-order valence-electron chi connectivity index (χ3n) is 5.68. The van der Waals surface area contributed by atoms with Crippen LogP contribution in [0.25, 0.3) is 16.9 Å². The monoisotopic (exact) mass is 412 g/mol. The third kappa shape index (κ3) is 4.15. The molecule has 1 fully saturated rings. The van der Waals surface area contributed by atoms with Gasteiger partial charge in [0.1, 0.15) is 5.65 Å². The number of benzene rings is 1. The molecule has 1 unspecified atom stereocenters. The minimum Gasteiger partial charge on any atom is -0.390 e. The van der Waals surface area contributed by atoms with Crippen molar-refractivity contribution in [2.45, 2.75) is 31.9 Å². The Morgan fingerprint density at radius 2 is 2.07 bits per heavy atom. The number of pyridine rings is 1. The van der Waals surface area contributed by atoms with E-state index in [0.29, 0.717) is 40.2 Å². The highest BCUT2D eigenvalue weighted by molar-refractivity contribution is 6.30. The standard InChI is InChI=1S/C22H25ClN4O2/c1-26-12-2-3-18(26)10-11-24-22(29)16-6-9-20-25-21(19(14-28)27(20)13-16)15-4-7-17(23)8-5-15/h4-9,13,18,28H,2-3,10-12,14H2,1H3,(H,24,29). The molecular weight excluding hydrogens is 388 g/mol. The number of likely N-dealkylation sites (tertiary alicyclic amines) is 1. The van der Waals surface area contributed by atoms with Crippen molar-refractivity contribution in [3.05, 3.63) is 58.9 Å². The maximum absolute atomic E-state index is 12.6. The number of carbonyl (C=O) groups is 1. The predicted octanol–water partition coefficient (Wildman–Crippen LogP) is 3.36. The van der Waals surface area contributed by atoms with Gasteiger partial charge in [0.25, 0.3) is 5.91 Å². The van der Waals surface area contributed by atoms with E-state index in [9.17, 15) is 9.90 Å². The van der Waals surface area contributed by atoms with Crippen LogP contribution in [-0.2, 0) is 6.61 Å². The number of nitrogens with zero attached hydrogens (tertiary/aromatic N) is 3. The number of aliphatic hydroxyl groups excluding tert-OH is 1. The Kier molecular flexibility index (Phi) is 5.85. The van der Waals surface area contributed by atoms with Gasteiger partial charge in [0.2, 0.25) is 0 Å². The topological polar surface area (TPSA) is 69.9 Å². The van der Waals surface area contributed by atoms with E-state index in [2.05, 4.69) is 22.2 Å². The number of amides is 1. The van der Waals surface area contributed by atoms with E-state index in [1.165, 1.54) is 12.8 Å². The fraction of sp³-hybridized carbons (Fsp3) is 0.364. The Morgan fingerprint density at radius 1 is 1.28 bits per heavy atom. The second kappa shape index (κ2) is 8.53. The van der Waals surface area contributed by atoms with Crippen molar-refractivity contribution < 1.29 is 9.90 Å². The van der Waals surface area contributed by atoms with E-state index in [1.807, 2.05) is 12.1 Å². The van der Waals surface area contributed by atoms with Gasteiger partial charge in [-0.25, -0.2) is 4.98 Å². The third-order valence-corrected chi connectivity index (χ3v) is 5.93. The molecule has 1 aromatic carbocycles. The Hall–Kier alpha value is -2.41. The van der Waals surface area contributed by atoms with Crippen molar-refractivity contribution in [3.63, 3.8) is 0 Å². The number of carbonyl (C=O) groups excluding carboxylic acids is 1. The van der Waals surface area contributed by atoms with E-state index < -0.39 is 0 Å². The van der Waals surface area contributed by atoms with Gasteiger partial charge < -0.3 is 19.7 Å². The van der Waals surface area contributed by atoms with Gasteiger partial charge in [0.15, 0.2) is 0 Å². The van der Waals surface area contributed by atoms with E-state index in [1.54, 1.807) is 34.9 Å². The van der Waals surface area contributed by atoms with Crippen molar-refractivity contribution in [2.75, 3.05) is 20.1 Å². The van der Waals surface area contributed by atoms with Crippen LogP contribution in [0.2, 0.25) is 5.02 Å². The molecule has 1 aliphatic rings. The number of hydrogen-bond acceptors (Lipinski definition) is 4. The highest BCUT2D eigenvalue weighted by atomic mass is 35.5. The molecule has 1 aliphatic heterocycles. The van der Waals surface area contributed by atoms with Crippen LogP contribution in [-0.4, -0.2) is 51.5 Å². The lowest BCUT2D eigenvalue weighted by atomic mass is 10.1. The highest BCUT2D eigenvalue weighted by Crippen LogP contribution is 2.26. The lowest BCUT2D eigenvalue weighted by Crippen LogP contribution is -2.31. The van der Waals surface area contributed by atoms with Gasteiger partial charge in [-0.3, -0.25) is 4.79 Å². The molecule has 1 saturated heterocycles. The molecule has 7 heteroatoms. The molecule has 3 heterocycles. The number of rotatable bonds is 6. The average Bonchev–Trinajstić information content (AvgIpc) is 3.30. The quantitative estimate of drug-likeness (QED) is 0.651. The number of aromatic nitrogens is 2. The smallest absolute Gasteiger partial charge is 0.252 e. The molecule has 0 spiro atoms. The molecule has 0 bridgehead atoms. The van der Waals surface area contributed by atoms with Crippen molar-refractivity contribution in [2.24, 2.45) is 0 Å². The lowest BCUT2D eigenvalue weighted by Gasteiger charge is -2.19. The van der Waals surface area contributed by atoms with Gasteiger partial charge in [-0.1, -0.05) is 23.7 Å². The summed E-state index contributed by atoms with van der Waals surface area (Å²) in [5.41, 5.74) is 3.43. The Bertz CT molecular complexity index is 1020. The van der Waals surface area contributed by atoms with Crippen LogP contribution >= 0.6 is 11.6 Å². The van der Waals surface area contributed by atoms with E-state index in [4.69, 9.17) is 11.6 Å². The number of nitrogens with one attached hydrogen (secondary N) is 1. The normalized spacial score (nSPS) is 17.1. The van der Waals surface area contributed by atoms with Gasteiger partial charge in [0.05, 0.1) is 23.6 Å². The van der Waals surface area contributed by atoms with Crippen molar-refractivity contribution in [3.8, 4) is 11.3 Å². The molecule has 0 aliphatic carbocycles. The first-order valence-electron chi connectivity index (χ1n) is 9.93. The minimum absolute atomic E-state index is 0.113. The van der Waals surface area contributed by atoms with Gasteiger partial charge in [-0.05, 0) is 57.1 Å². The molecule has 1 atom stereocenters. The van der Waals surface area contributed by atoms with E-state index in [-0.39, 0.29) is 12.5 Å². The molecule has 1 amide bonds.